The summed E-state index contributed by atoms with van der Waals surface area (Å²) in [4.78, 5) is 16.5. The third-order valence-electron chi connectivity index (χ3n) is 5.81. The normalized spacial score (nSPS) is 10.8. The van der Waals surface area contributed by atoms with Crippen molar-refractivity contribution in [2.45, 2.75) is 17.5 Å². The number of benzene rings is 3. The summed E-state index contributed by atoms with van der Waals surface area (Å²) < 4.78 is 7.39. The zero-order valence-electron chi connectivity index (χ0n) is 20.5. The predicted octanol–water partition coefficient (Wildman–Crippen LogP) is 6.21. The molecule has 0 saturated carbocycles. The minimum Gasteiger partial charge on any atom is -0.497 e. The minimum atomic E-state index is -0.121. The predicted molar refractivity (Wildman–Crippen MR) is 150 cm³/mol. The first-order valence-corrected chi connectivity index (χ1v) is 13.2. The zero-order valence-corrected chi connectivity index (χ0v) is 22.1. The molecule has 0 atom stereocenters. The van der Waals surface area contributed by atoms with E-state index in [-0.39, 0.29) is 5.91 Å². The Balaban J connectivity index is 1.33. The fourth-order valence-electron chi connectivity index (χ4n) is 3.85. The number of rotatable bonds is 9. The average molecular weight is 542 g/mol. The van der Waals surface area contributed by atoms with Crippen LogP contribution in [0, 0.1) is 0 Å². The van der Waals surface area contributed by atoms with Gasteiger partial charge in [0.05, 0.1) is 12.8 Å². The van der Waals surface area contributed by atoms with Gasteiger partial charge in [-0.15, -0.1) is 10.2 Å². The van der Waals surface area contributed by atoms with Crippen LogP contribution in [0.2, 0.25) is 5.02 Å². The smallest absolute Gasteiger partial charge is 0.251 e. The lowest BCUT2D eigenvalue weighted by Crippen LogP contribution is -2.22. The lowest BCUT2D eigenvalue weighted by Gasteiger charge is -2.11. The first kappa shape index (κ1) is 25.5. The third-order valence-corrected chi connectivity index (χ3v) is 7.05. The van der Waals surface area contributed by atoms with E-state index < -0.39 is 0 Å². The Labute approximate surface area is 229 Å². The molecule has 0 saturated heterocycles. The van der Waals surface area contributed by atoms with E-state index in [0.29, 0.717) is 28.7 Å². The highest BCUT2D eigenvalue weighted by molar-refractivity contribution is 7.98. The summed E-state index contributed by atoms with van der Waals surface area (Å²) in [5.41, 5.74) is 4.41. The number of methoxy groups -OCH3 is 1. The Morgan fingerprint density at radius 2 is 1.74 bits per heavy atom. The van der Waals surface area contributed by atoms with Gasteiger partial charge in [-0.1, -0.05) is 53.7 Å². The van der Waals surface area contributed by atoms with E-state index in [1.54, 1.807) is 31.3 Å². The van der Waals surface area contributed by atoms with Gasteiger partial charge >= 0.3 is 0 Å². The van der Waals surface area contributed by atoms with Crippen molar-refractivity contribution in [2.75, 3.05) is 7.11 Å². The first-order valence-electron chi connectivity index (χ1n) is 11.9. The molecule has 5 aromatic rings. The number of hydrogen-bond acceptors (Lipinski definition) is 6. The number of hydrogen-bond donors (Lipinski definition) is 1. The van der Waals surface area contributed by atoms with Crippen molar-refractivity contribution in [3.63, 3.8) is 0 Å². The highest BCUT2D eigenvalue weighted by Crippen LogP contribution is 2.32. The Hall–Kier alpha value is -4.14. The quantitative estimate of drug-likeness (QED) is 0.223. The molecule has 0 aliphatic carbocycles. The fourth-order valence-corrected chi connectivity index (χ4v) is 4.94. The van der Waals surface area contributed by atoms with Crippen LogP contribution in [0.3, 0.4) is 0 Å². The van der Waals surface area contributed by atoms with Crippen molar-refractivity contribution < 1.29 is 9.53 Å². The maximum atomic E-state index is 12.5. The number of nitrogens with zero attached hydrogens (tertiary/aromatic N) is 4. The third kappa shape index (κ3) is 6.04. The number of thioether (sulfide) groups is 1. The van der Waals surface area contributed by atoms with E-state index in [9.17, 15) is 4.79 Å². The molecule has 0 fully saturated rings. The van der Waals surface area contributed by atoms with Crippen LogP contribution in [0.1, 0.15) is 21.5 Å². The second-order valence-electron chi connectivity index (χ2n) is 8.38. The largest absolute Gasteiger partial charge is 0.497 e. The zero-order chi connectivity index (χ0) is 26.3. The molecular weight excluding hydrogens is 518 g/mol. The molecule has 7 nitrogen and oxygen atoms in total. The topological polar surface area (TPSA) is 81.9 Å². The van der Waals surface area contributed by atoms with Crippen molar-refractivity contribution in [3.8, 4) is 22.8 Å². The Bertz CT molecular complexity index is 1540. The number of aromatic nitrogens is 4. The number of carbonyl (C=O) groups is 1. The molecule has 0 aliphatic heterocycles. The van der Waals surface area contributed by atoms with Crippen molar-refractivity contribution >= 4 is 29.3 Å². The summed E-state index contributed by atoms with van der Waals surface area (Å²) in [6.45, 7) is 0.452. The van der Waals surface area contributed by atoms with Gasteiger partial charge in [0.25, 0.3) is 5.91 Å². The van der Waals surface area contributed by atoms with Crippen LogP contribution in [0.4, 0.5) is 0 Å². The Morgan fingerprint density at radius 1 is 0.947 bits per heavy atom. The van der Waals surface area contributed by atoms with Crippen LogP contribution in [0.25, 0.3) is 17.1 Å². The van der Waals surface area contributed by atoms with Gasteiger partial charge in [-0.05, 0) is 65.7 Å². The number of ether oxygens (including phenoxy) is 1. The van der Waals surface area contributed by atoms with Gasteiger partial charge < -0.3 is 10.1 Å². The summed E-state index contributed by atoms with van der Waals surface area (Å²) in [7, 11) is 1.64. The van der Waals surface area contributed by atoms with Gasteiger partial charge in [0.2, 0.25) is 0 Å². The lowest BCUT2D eigenvalue weighted by molar-refractivity contribution is 0.0951. The van der Waals surface area contributed by atoms with Crippen molar-refractivity contribution in [3.05, 3.63) is 119 Å². The minimum absolute atomic E-state index is 0.121. The number of nitrogens with one attached hydrogen (secondary N) is 1. The Morgan fingerprint density at radius 3 is 2.50 bits per heavy atom. The first-order chi connectivity index (χ1) is 18.6. The second kappa shape index (κ2) is 11.9. The van der Waals surface area contributed by atoms with E-state index in [4.69, 9.17) is 16.3 Å². The molecule has 0 bridgehead atoms. The second-order valence-corrected chi connectivity index (χ2v) is 9.76. The van der Waals surface area contributed by atoms with Crippen LogP contribution in [-0.4, -0.2) is 32.8 Å². The molecular formula is C29H24ClN5O2S. The maximum Gasteiger partial charge on any atom is 0.251 e. The van der Waals surface area contributed by atoms with E-state index in [0.717, 1.165) is 33.3 Å². The fraction of sp³-hybridized carbons (Fsp3) is 0.103. The van der Waals surface area contributed by atoms with E-state index in [1.807, 2.05) is 89.5 Å². The van der Waals surface area contributed by atoms with Gasteiger partial charge in [-0.2, -0.15) is 0 Å². The molecule has 2 aromatic heterocycles. The molecule has 9 heteroatoms. The molecule has 3 aromatic carbocycles. The molecule has 5 rings (SSSR count). The molecule has 2 heterocycles. The van der Waals surface area contributed by atoms with Crippen LogP contribution in [0.5, 0.6) is 5.75 Å². The number of carbonyl (C=O) groups excluding carboxylic acids is 1. The van der Waals surface area contributed by atoms with Gasteiger partial charge in [0.15, 0.2) is 11.0 Å². The molecule has 0 unspecified atom stereocenters. The van der Waals surface area contributed by atoms with Gasteiger partial charge in [-0.25, -0.2) is 0 Å². The van der Waals surface area contributed by atoms with Crippen molar-refractivity contribution in [1.29, 1.82) is 0 Å². The number of amides is 1. The summed E-state index contributed by atoms with van der Waals surface area (Å²) in [6, 6.07) is 26.7. The van der Waals surface area contributed by atoms with Crippen LogP contribution in [0.15, 0.2) is 102 Å². The molecule has 0 aliphatic rings. The molecule has 190 valence electrons. The molecule has 0 spiro atoms. The average Bonchev–Trinajstić information content (AvgIpc) is 3.40. The van der Waals surface area contributed by atoms with Crippen LogP contribution in [-0.2, 0) is 12.3 Å². The summed E-state index contributed by atoms with van der Waals surface area (Å²) >= 11 is 7.87. The van der Waals surface area contributed by atoms with Gasteiger partial charge in [0, 0.05) is 40.8 Å². The Kier molecular flexibility index (Phi) is 8.01. The molecule has 38 heavy (non-hydrogen) atoms. The highest BCUT2D eigenvalue weighted by atomic mass is 35.5. The van der Waals surface area contributed by atoms with Crippen LogP contribution >= 0.6 is 23.4 Å². The number of pyridine rings is 1. The van der Waals surface area contributed by atoms with Gasteiger partial charge in [0.1, 0.15) is 5.75 Å². The SMILES string of the molecule is COc1cccc(-c2nnc(SCc3ccc(C(=O)NCc4ccncc4)cc3)n2-c2cccc(Cl)c2)c1. The van der Waals surface area contributed by atoms with Crippen molar-refractivity contribution in [1.82, 2.24) is 25.1 Å². The van der Waals surface area contributed by atoms with Crippen molar-refractivity contribution in [2.24, 2.45) is 0 Å². The van der Waals surface area contributed by atoms with E-state index in [2.05, 4.69) is 20.5 Å². The van der Waals surface area contributed by atoms with Gasteiger partial charge in [-0.3, -0.25) is 14.3 Å². The highest BCUT2D eigenvalue weighted by Gasteiger charge is 2.17. The van der Waals surface area contributed by atoms with E-state index in [1.165, 1.54) is 0 Å². The molecule has 1 amide bonds. The van der Waals surface area contributed by atoms with E-state index >= 15 is 0 Å². The maximum absolute atomic E-state index is 12.5. The summed E-state index contributed by atoms with van der Waals surface area (Å²) in [6.07, 6.45) is 3.42. The van der Waals surface area contributed by atoms with Crippen LogP contribution < -0.4 is 10.1 Å². The molecule has 0 radical (unpaired) electrons. The lowest BCUT2D eigenvalue weighted by atomic mass is 10.1. The standard InChI is InChI=1S/C29H24ClN5O2S/c1-37-26-7-2-4-23(16-26)27-33-34-29(35(27)25-6-3-5-24(30)17-25)38-19-21-8-10-22(11-9-21)28(36)32-18-20-12-14-31-15-13-20/h2-17H,18-19H2,1H3,(H,32,36). The summed E-state index contributed by atoms with van der Waals surface area (Å²) in [5, 5.41) is 13.3. The number of halogens is 1. The molecule has 1 N–H and O–H groups in total. The summed E-state index contributed by atoms with van der Waals surface area (Å²) in [5.74, 6) is 1.96. The monoisotopic (exact) mass is 541 g/mol.